The molecule has 0 saturated heterocycles. The molecule has 1 heterocycles. The molecule has 0 aliphatic rings. The van der Waals surface area contributed by atoms with E-state index in [4.69, 9.17) is 10.5 Å². The first kappa shape index (κ1) is 38.8. The lowest BCUT2D eigenvalue weighted by atomic mass is 10.0. The minimum absolute atomic E-state index is 0.144. The van der Waals surface area contributed by atoms with Crippen LogP contribution in [0.3, 0.4) is 0 Å². The molecule has 0 radical (unpaired) electrons. The molecule has 1 aromatic heterocycles. The van der Waals surface area contributed by atoms with Crippen molar-refractivity contribution in [2.24, 2.45) is 5.73 Å². The molecule has 6 aromatic rings. The molecule has 0 aliphatic heterocycles. The van der Waals surface area contributed by atoms with Crippen molar-refractivity contribution in [1.82, 2.24) is 9.88 Å². The smallest absolute Gasteiger partial charge is 0.337 e. The molecule has 0 aliphatic carbocycles. The average molecular weight is 698 g/mol. The molecule has 8 nitrogen and oxygen atoms in total. The summed E-state index contributed by atoms with van der Waals surface area (Å²) in [6, 6.07) is 38.9. The molecule has 0 saturated carbocycles. The van der Waals surface area contributed by atoms with E-state index in [0.717, 1.165) is 33.2 Å². The van der Waals surface area contributed by atoms with Crippen LogP contribution >= 0.6 is 0 Å². The number of methoxy groups -OCH3 is 2. The Hall–Kier alpha value is -5.99. The highest BCUT2D eigenvalue weighted by Crippen LogP contribution is 2.25. The van der Waals surface area contributed by atoms with Crippen LogP contribution in [0.25, 0.3) is 22.0 Å². The van der Waals surface area contributed by atoms with Gasteiger partial charge in [0.25, 0.3) is 5.91 Å². The number of ether oxygens (including phenoxy) is 2. The number of aromatic nitrogens is 1. The molecule has 0 unspecified atom stereocenters. The number of carbonyl (C=O) groups excluding carboxylic acids is 3. The van der Waals surface area contributed by atoms with Crippen molar-refractivity contribution < 1.29 is 23.9 Å². The molecule has 0 spiro atoms. The number of esters is 2. The first-order valence-electron chi connectivity index (χ1n) is 17.3. The number of amides is 1. The van der Waals surface area contributed by atoms with Crippen LogP contribution in [0, 0.1) is 6.92 Å². The van der Waals surface area contributed by atoms with Crippen molar-refractivity contribution in [2.75, 3.05) is 14.2 Å². The second-order valence-electron chi connectivity index (χ2n) is 11.9. The molecule has 268 valence electrons. The maximum absolute atomic E-state index is 13.4. The molecule has 1 atom stereocenters. The summed E-state index contributed by atoms with van der Waals surface area (Å²) in [6.07, 6.45) is 2.03. The van der Waals surface area contributed by atoms with Gasteiger partial charge in [0.1, 0.15) is 0 Å². The lowest BCUT2D eigenvalue weighted by Crippen LogP contribution is -2.27. The Morgan fingerprint density at radius 3 is 1.96 bits per heavy atom. The lowest BCUT2D eigenvalue weighted by Gasteiger charge is -2.16. The predicted octanol–water partition coefficient (Wildman–Crippen LogP) is 8.90. The Morgan fingerprint density at radius 1 is 0.731 bits per heavy atom. The highest BCUT2D eigenvalue weighted by atomic mass is 16.5. The van der Waals surface area contributed by atoms with Crippen LogP contribution in [-0.4, -0.2) is 36.6 Å². The molecule has 0 fully saturated rings. The number of nitrogens with zero attached hydrogens (tertiary/aromatic N) is 1. The Morgan fingerprint density at radius 2 is 1.35 bits per heavy atom. The molecule has 3 N–H and O–H groups in total. The topological polar surface area (TPSA) is 113 Å². The highest BCUT2D eigenvalue weighted by Gasteiger charge is 2.17. The highest BCUT2D eigenvalue weighted by molar-refractivity contribution is 6.06. The molecule has 6 rings (SSSR count). The third-order valence-corrected chi connectivity index (χ3v) is 8.61. The van der Waals surface area contributed by atoms with Gasteiger partial charge in [-0.25, -0.2) is 9.59 Å². The first-order valence-corrected chi connectivity index (χ1v) is 17.3. The van der Waals surface area contributed by atoms with Crippen molar-refractivity contribution in [3.63, 3.8) is 0 Å². The maximum Gasteiger partial charge on any atom is 0.337 e. The van der Waals surface area contributed by atoms with E-state index < -0.39 is 0 Å². The van der Waals surface area contributed by atoms with Crippen LogP contribution in [0.15, 0.2) is 128 Å². The van der Waals surface area contributed by atoms with Gasteiger partial charge in [-0.15, -0.1) is 0 Å². The zero-order valence-electron chi connectivity index (χ0n) is 30.7. The zero-order chi connectivity index (χ0) is 37.6. The summed E-state index contributed by atoms with van der Waals surface area (Å²) in [5.41, 5.74) is 14.6. The number of rotatable bonds is 9. The Kier molecular flexibility index (Phi) is 14.1. The van der Waals surface area contributed by atoms with E-state index in [1.54, 1.807) is 24.3 Å². The number of nitrogens with two attached hydrogens (primary N) is 1. The van der Waals surface area contributed by atoms with Crippen LogP contribution < -0.4 is 11.1 Å². The van der Waals surface area contributed by atoms with Gasteiger partial charge in [0.05, 0.1) is 42.5 Å². The number of benzene rings is 5. The van der Waals surface area contributed by atoms with Crippen LogP contribution in [-0.2, 0) is 22.6 Å². The van der Waals surface area contributed by atoms with Gasteiger partial charge in [-0.05, 0) is 83.6 Å². The largest absolute Gasteiger partial charge is 0.465 e. The van der Waals surface area contributed by atoms with Crippen LogP contribution in [0.4, 0.5) is 0 Å². The molecule has 8 heteroatoms. The quantitative estimate of drug-likeness (QED) is 0.146. The van der Waals surface area contributed by atoms with Crippen LogP contribution in [0.1, 0.15) is 80.1 Å². The fourth-order valence-electron chi connectivity index (χ4n) is 5.76. The number of fused-ring (bicyclic) bond motifs is 1. The standard InChI is InChI=1S/C32H28N2O3.C10H13NO2.C2H6/c1-22(24-15-17-28(18-16-24)32(36)37-2)33-31(35)29-10-6-9-27-19-20-34(30(27)29)21-23-11-13-26(14-12-23)25-7-4-3-5-8-25;1-7-5-8(10(12)13-2)3-4-9(7)6-11;1-2/h3-20,22H,21H2,1-2H3,(H,33,35);3-5H,6,11H2,1-2H3;1-2H3/t22-;;/m0../s1. The van der Waals surface area contributed by atoms with Gasteiger partial charge >= 0.3 is 11.9 Å². The Labute approximate surface area is 306 Å². The van der Waals surface area contributed by atoms with E-state index in [-0.39, 0.29) is 23.9 Å². The zero-order valence-corrected chi connectivity index (χ0v) is 30.7. The Bertz CT molecular complexity index is 2090. The van der Waals surface area contributed by atoms with Gasteiger partial charge in [-0.2, -0.15) is 0 Å². The summed E-state index contributed by atoms with van der Waals surface area (Å²) in [5, 5.41) is 4.12. The lowest BCUT2D eigenvalue weighted by molar-refractivity contribution is 0.0592. The van der Waals surface area contributed by atoms with E-state index in [2.05, 4.69) is 51.0 Å². The van der Waals surface area contributed by atoms with Gasteiger partial charge in [0.2, 0.25) is 0 Å². The fraction of sp³-hybridized carbons (Fsp3) is 0.205. The van der Waals surface area contributed by atoms with Gasteiger partial charge in [0, 0.05) is 24.7 Å². The minimum atomic E-state index is -0.384. The van der Waals surface area contributed by atoms with Crippen molar-refractivity contribution >= 4 is 28.7 Å². The third kappa shape index (κ3) is 9.62. The summed E-state index contributed by atoms with van der Waals surface area (Å²) >= 11 is 0. The monoisotopic (exact) mass is 697 g/mol. The van der Waals surface area contributed by atoms with Crippen LogP contribution in [0.5, 0.6) is 0 Å². The van der Waals surface area contributed by atoms with Crippen molar-refractivity contribution in [3.05, 3.63) is 166 Å². The van der Waals surface area contributed by atoms with Gasteiger partial charge in [-0.1, -0.05) is 98.8 Å². The van der Waals surface area contributed by atoms with Crippen molar-refractivity contribution in [3.8, 4) is 11.1 Å². The van der Waals surface area contributed by atoms with E-state index in [1.165, 1.54) is 25.3 Å². The number of carbonyl (C=O) groups is 3. The van der Waals surface area contributed by atoms with E-state index >= 15 is 0 Å². The SMILES string of the molecule is CC.COC(=O)c1ccc(CN)c(C)c1.COC(=O)c1ccc([C@H](C)NC(=O)c2cccc3ccn(Cc4ccc(-c5ccccc5)cc4)c23)cc1. The molecular formula is C44H47N3O5. The summed E-state index contributed by atoms with van der Waals surface area (Å²) in [4.78, 5) is 36.2. The predicted molar refractivity (Wildman–Crippen MR) is 208 cm³/mol. The van der Waals surface area contributed by atoms with Crippen LogP contribution in [0.2, 0.25) is 0 Å². The summed E-state index contributed by atoms with van der Waals surface area (Å²) in [6.45, 7) is 9.01. The number of hydrogen-bond donors (Lipinski definition) is 2. The van der Waals surface area contributed by atoms with E-state index in [1.807, 2.05) is 94.6 Å². The van der Waals surface area contributed by atoms with Gasteiger partial charge in [0.15, 0.2) is 0 Å². The number of aryl methyl sites for hydroxylation is 1. The minimum Gasteiger partial charge on any atom is -0.465 e. The van der Waals surface area contributed by atoms with Crippen molar-refractivity contribution in [2.45, 2.75) is 46.8 Å². The second-order valence-corrected chi connectivity index (χ2v) is 11.9. The first-order chi connectivity index (χ1) is 25.2. The molecular weight excluding hydrogens is 650 g/mol. The molecule has 5 aromatic carbocycles. The number of hydrogen-bond acceptors (Lipinski definition) is 6. The molecule has 0 bridgehead atoms. The van der Waals surface area contributed by atoms with Gasteiger partial charge in [-0.3, -0.25) is 4.79 Å². The van der Waals surface area contributed by atoms with E-state index in [0.29, 0.717) is 29.8 Å². The fourth-order valence-corrected chi connectivity index (χ4v) is 5.76. The molecule has 1 amide bonds. The summed E-state index contributed by atoms with van der Waals surface area (Å²) in [5.74, 6) is -0.841. The maximum atomic E-state index is 13.4. The number of nitrogens with one attached hydrogen (secondary N) is 1. The second kappa shape index (κ2) is 18.8. The molecule has 52 heavy (non-hydrogen) atoms. The summed E-state index contributed by atoms with van der Waals surface area (Å²) in [7, 11) is 2.73. The van der Waals surface area contributed by atoms with Gasteiger partial charge < -0.3 is 25.1 Å². The normalized spacial score (nSPS) is 10.9. The Balaban J connectivity index is 0.000000340. The average Bonchev–Trinajstić information content (AvgIpc) is 3.61. The van der Waals surface area contributed by atoms with Crippen molar-refractivity contribution in [1.29, 1.82) is 0 Å². The summed E-state index contributed by atoms with van der Waals surface area (Å²) < 4.78 is 11.5. The third-order valence-electron chi connectivity index (χ3n) is 8.61. The number of para-hydroxylation sites is 1. The van der Waals surface area contributed by atoms with E-state index in [9.17, 15) is 14.4 Å².